The average molecular weight is 538 g/mol. The van der Waals surface area contributed by atoms with E-state index < -0.39 is 39.5 Å². The first-order valence-electron chi connectivity index (χ1n) is 11.3. The maximum absolute atomic E-state index is 14.5. The van der Waals surface area contributed by atoms with Gasteiger partial charge < -0.3 is 5.32 Å². The Balaban J connectivity index is 1.82. The van der Waals surface area contributed by atoms with E-state index in [0.717, 1.165) is 29.5 Å². The molecule has 0 aliphatic carbocycles. The zero-order valence-electron chi connectivity index (χ0n) is 20.7. The summed E-state index contributed by atoms with van der Waals surface area (Å²) >= 11 is 0. The highest BCUT2D eigenvalue weighted by molar-refractivity contribution is 7.88. The minimum Gasteiger partial charge on any atom is -0.351 e. The summed E-state index contributed by atoms with van der Waals surface area (Å²) in [5.41, 5.74) is 2.08. The molecule has 1 heterocycles. The molecular weight excluding hydrogens is 510 g/mol. The number of sulfonamides is 1. The second kappa shape index (κ2) is 11.0. The lowest BCUT2D eigenvalue weighted by Crippen LogP contribution is -2.28. The highest BCUT2D eigenvalue weighted by Gasteiger charge is 2.33. The number of rotatable bonds is 8. The van der Waals surface area contributed by atoms with Gasteiger partial charge in [-0.3, -0.25) is 4.79 Å². The Labute approximate surface area is 213 Å². The number of halogens is 4. The second-order valence-corrected chi connectivity index (χ2v) is 10.7. The predicted octanol–water partition coefficient (Wildman–Crippen LogP) is 4.99. The molecule has 198 valence electrons. The highest BCUT2D eigenvalue weighted by atomic mass is 32.2. The fourth-order valence-corrected chi connectivity index (χ4v) is 4.10. The summed E-state index contributed by atoms with van der Waals surface area (Å²) in [7, 11) is -3.50. The van der Waals surface area contributed by atoms with Gasteiger partial charge in [0.1, 0.15) is 11.5 Å². The summed E-state index contributed by atoms with van der Waals surface area (Å²) in [5.74, 6) is -1.91. The second-order valence-electron chi connectivity index (χ2n) is 8.90. The minimum absolute atomic E-state index is 0.0874. The van der Waals surface area contributed by atoms with Crippen molar-refractivity contribution in [1.82, 2.24) is 15.0 Å². The van der Waals surface area contributed by atoms with E-state index in [9.17, 15) is 30.8 Å². The smallest absolute Gasteiger partial charge is 0.351 e. The number of alkyl halides is 3. The summed E-state index contributed by atoms with van der Waals surface area (Å²) in [6, 6.07) is 11.6. The van der Waals surface area contributed by atoms with Gasteiger partial charge in [0.2, 0.25) is 15.9 Å². The first-order chi connectivity index (χ1) is 17.2. The van der Waals surface area contributed by atoms with Crippen molar-refractivity contribution in [3.63, 3.8) is 0 Å². The van der Waals surface area contributed by atoms with Gasteiger partial charge in [0.05, 0.1) is 17.9 Å². The van der Waals surface area contributed by atoms with E-state index in [4.69, 9.17) is 0 Å². The van der Waals surface area contributed by atoms with Crippen LogP contribution in [0.15, 0.2) is 48.5 Å². The van der Waals surface area contributed by atoms with Gasteiger partial charge in [-0.2, -0.15) is 13.2 Å². The molecule has 0 aliphatic heterocycles. The van der Waals surface area contributed by atoms with Gasteiger partial charge in [0, 0.05) is 24.2 Å². The zero-order chi connectivity index (χ0) is 27.5. The van der Waals surface area contributed by atoms with Crippen molar-refractivity contribution in [3.8, 4) is 11.3 Å². The average Bonchev–Trinajstić information content (AvgIpc) is 2.81. The van der Waals surface area contributed by atoms with Crippen LogP contribution in [-0.4, -0.2) is 25.6 Å². The molecule has 3 rings (SSSR count). The third kappa shape index (κ3) is 7.36. The fraction of sp³-hybridized carbons (Fsp3) is 0.308. The number of hydrogen-bond donors (Lipinski definition) is 2. The number of pyridine rings is 1. The molecule has 0 saturated carbocycles. The van der Waals surface area contributed by atoms with Crippen LogP contribution in [-0.2, 0) is 34.1 Å². The quantitative estimate of drug-likeness (QED) is 0.396. The molecule has 0 fully saturated rings. The van der Waals surface area contributed by atoms with E-state index in [2.05, 4.69) is 15.0 Å². The summed E-state index contributed by atoms with van der Waals surface area (Å²) in [4.78, 5) is 16.7. The molecule has 2 N–H and O–H groups in total. The van der Waals surface area contributed by atoms with Gasteiger partial charge >= 0.3 is 6.18 Å². The lowest BCUT2D eigenvalue weighted by Gasteiger charge is -2.17. The molecule has 0 bridgehead atoms. The Kier molecular flexibility index (Phi) is 8.38. The number of aryl methyl sites for hydroxylation is 2. The number of hydrogen-bond acceptors (Lipinski definition) is 4. The van der Waals surface area contributed by atoms with Gasteiger partial charge in [-0.15, -0.1) is 0 Å². The third-order valence-electron chi connectivity index (χ3n) is 5.87. The Hall–Kier alpha value is -3.31. The SMILES string of the molecule is Cc1ccc(C)c(-c2nc(C(F)(F)F)ccc2CNC(=O)C(C)c2ccc(CNS(C)(=O)=O)c(F)c2)c1. The van der Waals surface area contributed by atoms with Crippen molar-refractivity contribution in [1.29, 1.82) is 0 Å². The Morgan fingerprint density at radius 1 is 1.00 bits per heavy atom. The number of carbonyl (C=O) groups excluding carboxylic acids is 1. The van der Waals surface area contributed by atoms with E-state index in [1.807, 2.05) is 13.0 Å². The summed E-state index contributed by atoms with van der Waals surface area (Å²) in [6.45, 7) is 4.84. The van der Waals surface area contributed by atoms with Crippen molar-refractivity contribution in [2.45, 2.75) is 46.0 Å². The Morgan fingerprint density at radius 2 is 1.68 bits per heavy atom. The topological polar surface area (TPSA) is 88.2 Å². The fourth-order valence-electron chi connectivity index (χ4n) is 3.68. The number of aromatic nitrogens is 1. The monoisotopic (exact) mass is 537 g/mol. The first kappa shape index (κ1) is 28.3. The van der Waals surface area contributed by atoms with Crippen molar-refractivity contribution in [3.05, 3.63) is 87.9 Å². The third-order valence-corrected chi connectivity index (χ3v) is 6.53. The maximum atomic E-state index is 14.5. The van der Waals surface area contributed by atoms with E-state index >= 15 is 0 Å². The molecule has 0 spiro atoms. The largest absolute Gasteiger partial charge is 0.433 e. The van der Waals surface area contributed by atoms with Crippen LogP contribution < -0.4 is 10.0 Å². The van der Waals surface area contributed by atoms with Crippen LogP contribution in [0.2, 0.25) is 0 Å². The van der Waals surface area contributed by atoms with Crippen molar-refractivity contribution in [2.75, 3.05) is 6.26 Å². The number of nitrogens with zero attached hydrogens (tertiary/aromatic N) is 1. The normalized spacial score (nSPS) is 12.9. The Morgan fingerprint density at radius 3 is 2.30 bits per heavy atom. The van der Waals surface area contributed by atoms with Crippen LogP contribution >= 0.6 is 0 Å². The molecule has 1 atom stereocenters. The number of amides is 1. The van der Waals surface area contributed by atoms with Gasteiger partial charge in [-0.1, -0.05) is 35.9 Å². The molecule has 1 aromatic heterocycles. The number of carbonyl (C=O) groups is 1. The molecule has 37 heavy (non-hydrogen) atoms. The van der Waals surface area contributed by atoms with Crippen LogP contribution in [0.4, 0.5) is 17.6 Å². The lowest BCUT2D eigenvalue weighted by molar-refractivity contribution is -0.141. The Bertz CT molecular complexity index is 1420. The van der Waals surface area contributed by atoms with Crippen LogP contribution in [0.1, 0.15) is 46.4 Å². The van der Waals surface area contributed by atoms with Crippen molar-refractivity contribution >= 4 is 15.9 Å². The van der Waals surface area contributed by atoms with Gasteiger partial charge in [0.15, 0.2) is 0 Å². The summed E-state index contributed by atoms with van der Waals surface area (Å²) in [5, 5.41) is 2.70. The maximum Gasteiger partial charge on any atom is 0.433 e. The van der Waals surface area contributed by atoms with Crippen LogP contribution in [0, 0.1) is 19.7 Å². The van der Waals surface area contributed by atoms with Crippen molar-refractivity contribution in [2.24, 2.45) is 0 Å². The zero-order valence-corrected chi connectivity index (χ0v) is 21.5. The van der Waals surface area contributed by atoms with Gasteiger partial charge in [0.25, 0.3) is 0 Å². The summed E-state index contributed by atoms with van der Waals surface area (Å²) in [6.07, 6.45) is -3.67. The number of benzene rings is 2. The molecule has 1 amide bonds. The highest BCUT2D eigenvalue weighted by Crippen LogP contribution is 2.33. The molecule has 0 saturated heterocycles. The van der Waals surface area contributed by atoms with Crippen molar-refractivity contribution < 1.29 is 30.8 Å². The molecular formula is C26H27F4N3O3S. The number of nitrogens with one attached hydrogen (secondary N) is 2. The van der Waals surface area contributed by atoms with E-state index in [1.54, 1.807) is 26.0 Å². The first-order valence-corrected chi connectivity index (χ1v) is 13.2. The molecule has 11 heteroatoms. The van der Waals surface area contributed by atoms with Crippen LogP contribution in [0.3, 0.4) is 0 Å². The van der Waals surface area contributed by atoms with E-state index in [1.165, 1.54) is 18.2 Å². The standard InChI is InChI=1S/C26H27F4N3O3S/c1-15-5-6-16(2)21(11-15)24-20(9-10-23(33-24)26(28,29)30)13-31-25(34)17(3)18-7-8-19(22(27)12-18)14-32-37(4,35)36/h5-12,17,32H,13-14H2,1-4H3,(H,31,34). The van der Waals surface area contributed by atoms with E-state index in [0.29, 0.717) is 16.7 Å². The minimum atomic E-state index is -4.63. The molecule has 2 aromatic carbocycles. The molecule has 3 aromatic rings. The van der Waals surface area contributed by atoms with Crippen LogP contribution in [0.5, 0.6) is 0 Å². The lowest BCUT2D eigenvalue weighted by atomic mass is 9.97. The van der Waals surface area contributed by atoms with E-state index in [-0.39, 0.29) is 24.3 Å². The summed E-state index contributed by atoms with van der Waals surface area (Å²) < 4.78 is 79.3. The molecule has 0 radical (unpaired) electrons. The molecule has 6 nitrogen and oxygen atoms in total. The van der Waals surface area contributed by atoms with Gasteiger partial charge in [-0.05, 0) is 55.7 Å². The predicted molar refractivity (Wildman–Crippen MR) is 132 cm³/mol. The molecule has 1 unspecified atom stereocenters. The van der Waals surface area contributed by atoms with Crippen LogP contribution in [0.25, 0.3) is 11.3 Å². The van der Waals surface area contributed by atoms with Gasteiger partial charge in [-0.25, -0.2) is 22.5 Å². The molecule has 0 aliphatic rings.